The molecule has 3 rings (SSSR count). The van der Waals surface area contributed by atoms with Gasteiger partial charge in [0.15, 0.2) is 0 Å². The molecule has 0 spiro atoms. The van der Waals surface area contributed by atoms with E-state index in [9.17, 15) is 4.79 Å². The Balaban J connectivity index is 1.57. The first-order valence-electron chi connectivity index (χ1n) is 9.17. The highest BCUT2D eigenvalue weighted by Gasteiger charge is 2.10. The zero-order valence-electron chi connectivity index (χ0n) is 16.0. The molecule has 0 aliphatic heterocycles. The molecule has 28 heavy (non-hydrogen) atoms. The quantitative estimate of drug-likeness (QED) is 0.625. The third kappa shape index (κ3) is 5.79. The van der Waals surface area contributed by atoms with Crippen LogP contribution in [-0.2, 0) is 13.0 Å². The molecule has 2 aromatic carbocycles. The van der Waals surface area contributed by atoms with Gasteiger partial charge < -0.3 is 10.6 Å². The number of hydrogen-bond acceptors (Lipinski definition) is 4. The molecule has 0 aliphatic carbocycles. The molecule has 0 saturated heterocycles. The van der Waals surface area contributed by atoms with Gasteiger partial charge in [-0.15, -0.1) is 0 Å². The van der Waals surface area contributed by atoms with E-state index in [4.69, 9.17) is 11.6 Å². The molecule has 6 heteroatoms. The Kier molecular flexibility index (Phi) is 6.61. The Labute approximate surface area is 170 Å². The second-order valence-corrected chi connectivity index (χ2v) is 7.09. The lowest BCUT2D eigenvalue weighted by Gasteiger charge is -2.10. The van der Waals surface area contributed by atoms with Crippen LogP contribution >= 0.6 is 11.6 Å². The fourth-order valence-electron chi connectivity index (χ4n) is 2.74. The third-order valence-electron chi connectivity index (χ3n) is 4.28. The predicted molar refractivity (Wildman–Crippen MR) is 113 cm³/mol. The monoisotopic (exact) mass is 394 g/mol. The van der Waals surface area contributed by atoms with Gasteiger partial charge in [-0.1, -0.05) is 53.6 Å². The molecular weight excluding hydrogens is 372 g/mol. The first kappa shape index (κ1) is 19.8. The van der Waals surface area contributed by atoms with Crippen LogP contribution in [0, 0.1) is 13.8 Å². The van der Waals surface area contributed by atoms with Crippen LogP contribution in [0.2, 0.25) is 5.02 Å². The third-order valence-corrected chi connectivity index (χ3v) is 4.53. The molecule has 0 unspecified atom stereocenters. The van der Waals surface area contributed by atoms with Gasteiger partial charge in [-0.25, -0.2) is 9.97 Å². The molecule has 2 N–H and O–H groups in total. The SMILES string of the molecule is Cc1ccc(CNc2cc(C(=O)NCCc3ccc(Cl)cc3)nc(C)n2)cc1. The number of halogens is 1. The highest BCUT2D eigenvalue weighted by molar-refractivity contribution is 6.30. The number of benzene rings is 2. The molecule has 5 nitrogen and oxygen atoms in total. The van der Waals surface area contributed by atoms with Gasteiger partial charge in [0.1, 0.15) is 17.3 Å². The van der Waals surface area contributed by atoms with Crippen molar-refractivity contribution in [2.45, 2.75) is 26.8 Å². The lowest BCUT2D eigenvalue weighted by atomic mass is 10.1. The molecular formula is C22H23ClN4O. The molecule has 0 atom stereocenters. The smallest absolute Gasteiger partial charge is 0.270 e. The number of aromatic nitrogens is 2. The molecule has 0 bridgehead atoms. The van der Waals surface area contributed by atoms with E-state index < -0.39 is 0 Å². The average molecular weight is 395 g/mol. The van der Waals surface area contributed by atoms with E-state index in [1.165, 1.54) is 5.56 Å². The zero-order valence-corrected chi connectivity index (χ0v) is 16.8. The van der Waals surface area contributed by atoms with E-state index in [0.717, 1.165) is 17.5 Å². The van der Waals surface area contributed by atoms with E-state index in [1.807, 2.05) is 24.3 Å². The van der Waals surface area contributed by atoms with Crippen LogP contribution in [-0.4, -0.2) is 22.4 Å². The highest BCUT2D eigenvalue weighted by Crippen LogP contribution is 2.11. The van der Waals surface area contributed by atoms with Gasteiger partial charge in [0, 0.05) is 24.2 Å². The number of hydrogen-bond donors (Lipinski definition) is 2. The number of rotatable bonds is 7. The van der Waals surface area contributed by atoms with Gasteiger partial charge in [0.25, 0.3) is 5.91 Å². The van der Waals surface area contributed by atoms with Crippen molar-refractivity contribution in [3.63, 3.8) is 0 Å². The molecule has 0 aliphatic rings. The van der Waals surface area contributed by atoms with Crippen LogP contribution in [0.4, 0.5) is 5.82 Å². The van der Waals surface area contributed by atoms with E-state index in [2.05, 4.69) is 51.8 Å². The Hall–Kier alpha value is -2.92. The Morgan fingerprint density at radius 1 is 0.964 bits per heavy atom. The second-order valence-electron chi connectivity index (χ2n) is 6.66. The summed E-state index contributed by atoms with van der Waals surface area (Å²) in [4.78, 5) is 21.1. The fraction of sp³-hybridized carbons (Fsp3) is 0.227. The summed E-state index contributed by atoms with van der Waals surface area (Å²) in [6, 6.07) is 17.6. The number of amides is 1. The van der Waals surface area contributed by atoms with Gasteiger partial charge >= 0.3 is 0 Å². The van der Waals surface area contributed by atoms with Gasteiger partial charge in [0.05, 0.1) is 0 Å². The highest BCUT2D eigenvalue weighted by atomic mass is 35.5. The lowest BCUT2D eigenvalue weighted by Crippen LogP contribution is -2.27. The number of carbonyl (C=O) groups is 1. The fourth-order valence-corrected chi connectivity index (χ4v) is 2.86. The number of nitrogens with zero attached hydrogens (tertiary/aromatic N) is 2. The number of nitrogens with one attached hydrogen (secondary N) is 2. The minimum atomic E-state index is -0.210. The number of carbonyl (C=O) groups excluding carboxylic acids is 1. The van der Waals surface area contributed by atoms with E-state index in [-0.39, 0.29) is 5.91 Å². The molecule has 1 amide bonds. The normalized spacial score (nSPS) is 10.5. The summed E-state index contributed by atoms with van der Waals surface area (Å²) in [7, 11) is 0. The maximum Gasteiger partial charge on any atom is 0.270 e. The summed E-state index contributed by atoms with van der Waals surface area (Å²) < 4.78 is 0. The van der Waals surface area contributed by atoms with Crippen molar-refractivity contribution in [1.82, 2.24) is 15.3 Å². The maximum atomic E-state index is 12.5. The minimum absolute atomic E-state index is 0.210. The molecule has 3 aromatic rings. The van der Waals surface area contributed by atoms with Crippen molar-refractivity contribution in [2.24, 2.45) is 0 Å². The molecule has 0 saturated carbocycles. The van der Waals surface area contributed by atoms with E-state index in [1.54, 1.807) is 13.0 Å². The van der Waals surface area contributed by atoms with Gasteiger partial charge in [-0.2, -0.15) is 0 Å². The first-order valence-corrected chi connectivity index (χ1v) is 9.55. The van der Waals surface area contributed by atoms with Crippen LogP contribution in [0.1, 0.15) is 33.0 Å². The molecule has 144 valence electrons. The standard InChI is InChI=1S/C22H23ClN4O/c1-15-3-5-18(6-4-15)14-25-21-13-20(26-16(2)27-21)22(28)24-12-11-17-7-9-19(23)10-8-17/h3-10,13H,11-12,14H2,1-2H3,(H,24,28)(H,25,26,27). The van der Waals surface area contributed by atoms with Crippen molar-refractivity contribution in [2.75, 3.05) is 11.9 Å². The number of aryl methyl sites for hydroxylation is 2. The van der Waals surface area contributed by atoms with Crippen LogP contribution in [0.15, 0.2) is 54.6 Å². The summed E-state index contributed by atoms with van der Waals surface area (Å²) in [5, 5.41) is 6.87. The minimum Gasteiger partial charge on any atom is -0.366 e. The van der Waals surface area contributed by atoms with Crippen LogP contribution in [0.25, 0.3) is 0 Å². The lowest BCUT2D eigenvalue weighted by molar-refractivity contribution is 0.0949. The summed E-state index contributed by atoms with van der Waals surface area (Å²) in [6.45, 7) is 4.99. The van der Waals surface area contributed by atoms with Crippen molar-refractivity contribution in [3.05, 3.63) is 87.8 Å². The van der Waals surface area contributed by atoms with Crippen LogP contribution < -0.4 is 10.6 Å². The molecule has 1 aromatic heterocycles. The molecule has 0 fully saturated rings. The maximum absolute atomic E-state index is 12.5. The largest absolute Gasteiger partial charge is 0.366 e. The average Bonchev–Trinajstić information content (AvgIpc) is 2.68. The second kappa shape index (κ2) is 9.33. The van der Waals surface area contributed by atoms with Crippen LogP contribution in [0.3, 0.4) is 0 Å². The first-order chi connectivity index (χ1) is 13.5. The Morgan fingerprint density at radius 2 is 1.64 bits per heavy atom. The summed E-state index contributed by atoms with van der Waals surface area (Å²) in [5.74, 6) is 0.977. The van der Waals surface area contributed by atoms with Crippen LogP contribution in [0.5, 0.6) is 0 Å². The molecule has 0 radical (unpaired) electrons. The van der Waals surface area contributed by atoms with Crippen molar-refractivity contribution < 1.29 is 4.79 Å². The van der Waals surface area contributed by atoms with Crippen molar-refractivity contribution >= 4 is 23.3 Å². The summed E-state index contributed by atoms with van der Waals surface area (Å²) in [6.07, 6.45) is 0.728. The Morgan fingerprint density at radius 3 is 2.36 bits per heavy atom. The Bertz CT molecular complexity index is 940. The predicted octanol–water partition coefficient (Wildman–Crippen LogP) is 4.33. The van der Waals surface area contributed by atoms with E-state index in [0.29, 0.717) is 35.4 Å². The van der Waals surface area contributed by atoms with Crippen molar-refractivity contribution in [3.8, 4) is 0 Å². The molecule has 1 heterocycles. The topological polar surface area (TPSA) is 66.9 Å². The van der Waals surface area contributed by atoms with Crippen molar-refractivity contribution in [1.29, 1.82) is 0 Å². The van der Waals surface area contributed by atoms with Gasteiger partial charge in [0.2, 0.25) is 0 Å². The van der Waals surface area contributed by atoms with E-state index >= 15 is 0 Å². The summed E-state index contributed by atoms with van der Waals surface area (Å²) >= 11 is 5.89. The van der Waals surface area contributed by atoms with Gasteiger partial charge in [-0.05, 0) is 43.5 Å². The zero-order chi connectivity index (χ0) is 19.9. The summed E-state index contributed by atoms with van der Waals surface area (Å²) in [5.41, 5.74) is 3.84. The van der Waals surface area contributed by atoms with Gasteiger partial charge in [-0.3, -0.25) is 4.79 Å². The number of anilines is 1.